The smallest absolute Gasteiger partial charge is 0.271 e. The molecule has 3 rings (SSSR count). The van der Waals surface area contributed by atoms with E-state index in [-0.39, 0.29) is 5.69 Å². The molecule has 0 radical (unpaired) electrons. The van der Waals surface area contributed by atoms with Gasteiger partial charge in [-0.05, 0) is 18.2 Å². The van der Waals surface area contributed by atoms with E-state index in [9.17, 15) is 10.1 Å². The summed E-state index contributed by atoms with van der Waals surface area (Å²) in [6.45, 7) is 3.33. The number of nitrogens with one attached hydrogen (secondary N) is 1. The van der Waals surface area contributed by atoms with Crippen LogP contribution in [-0.2, 0) is 4.74 Å². The van der Waals surface area contributed by atoms with Crippen molar-refractivity contribution in [3.63, 3.8) is 0 Å². The molecule has 23 heavy (non-hydrogen) atoms. The quantitative estimate of drug-likeness (QED) is 0.517. The fourth-order valence-electron chi connectivity index (χ4n) is 2.22. The Labute approximate surface area is 137 Å². The zero-order valence-corrected chi connectivity index (χ0v) is 13.2. The number of nitro benzene ring substituents is 1. The number of anilines is 2. The van der Waals surface area contributed by atoms with Crippen molar-refractivity contribution in [1.29, 1.82) is 0 Å². The third-order valence-electron chi connectivity index (χ3n) is 3.38. The molecule has 1 aliphatic heterocycles. The van der Waals surface area contributed by atoms with Gasteiger partial charge in [0.2, 0.25) is 0 Å². The van der Waals surface area contributed by atoms with Crippen molar-refractivity contribution in [3.8, 4) is 0 Å². The van der Waals surface area contributed by atoms with Gasteiger partial charge in [0.1, 0.15) is 0 Å². The third kappa shape index (κ3) is 4.05. The number of thiophene rings is 1. The monoisotopic (exact) mass is 332 g/mol. The zero-order chi connectivity index (χ0) is 16.1. The van der Waals surface area contributed by atoms with Crippen LogP contribution < -0.4 is 10.3 Å². The molecule has 1 saturated heterocycles. The van der Waals surface area contributed by atoms with Gasteiger partial charge < -0.3 is 9.64 Å². The molecular formula is C15H16N4O3S. The summed E-state index contributed by atoms with van der Waals surface area (Å²) >= 11 is 1.66. The molecule has 1 aromatic carbocycles. The summed E-state index contributed by atoms with van der Waals surface area (Å²) in [7, 11) is 0. The van der Waals surface area contributed by atoms with E-state index in [1.54, 1.807) is 29.7 Å². The van der Waals surface area contributed by atoms with Gasteiger partial charge in [-0.3, -0.25) is 15.5 Å². The van der Waals surface area contributed by atoms with Crippen LogP contribution in [0.25, 0.3) is 0 Å². The number of benzene rings is 1. The fourth-order valence-corrected chi connectivity index (χ4v) is 3.16. The van der Waals surface area contributed by atoms with Crippen LogP contribution in [0, 0.1) is 10.1 Å². The predicted octanol–water partition coefficient (Wildman–Crippen LogP) is 2.94. The van der Waals surface area contributed by atoms with Crippen LogP contribution in [0.15, 0.2) is 41.5 Å². The van der Waals surface area contributed by atoms with Gasteiger partial charge in [0.25, 0.3) is 5.69 Å². The van der Waals surface area contributed by atoms with Crippen molar-refractivity contribution < 1.29 is 9.66 Å². The summed E-state index contributed by atoms with van der Waals surface area (Å²) in [5, 5.41) is 16.1. The number of morpholine rings is 1. The second-order valence-corrected chi connectivity index (χ2v) is 6.05. The van der Waals surface area contributed by atoms with Gasteiger partial charge >= 0.3 is 0 Å². The van der Waals surface area contributed by atoms with Gasteiger partial charge in [-0.25, -0.2) is 0 Å². The molecule has 0 unspecified atom stereocenters. The maximum absolute atomic E-state index is 10.7. The van der Waals surface area contributed by atoms with Crippen LogP contribution in [0.2, 0.25) is 0 Å². The van der Waals surface area contributed by atoms with Crippen molar-refractivity contribution >= 4 is 33.9 Å². The molecule has 1 aliphatic rings. The first-order chi connectivity index (χ1) is 11.2. The van der Waals surface area contributed by atoms with Gasteiger partial charge in [-0.2, -0.15) is 5.10 Å². The normalized spacial score (nSPS) is 15.0. The van der Waals surface area contributed by atoms with Gasteiger partial charge in [-0.15, -0.1) is 11.3 Å². The summed E-state index contributed by atoms with van der Waals surface area (Å²) in [5.41, 5.74) is 3.44. The maximum atomic E-state index is 10.7. The Bertz CT molecular complexity index is 710. The van der Waals surface area contributed by atoms with Gasteiger partial charge in [0.05, 0.1) is 35.0 Å². The fraction of sp³-hybridized carbons (Fsp3) is 0.267. The molecular weight excluding hydrogens is 316 g/mol. The summed E-state index contributed by atoms with van der Waals surface area (Å²) < 4.78 is 5.35. The van der Waals surface area contributed by atoms with Crippen molar-refractivity contribution in [2.24, 2.45) is 5.10 Å². The van der Waals surface area contributed by atoms with Gasteiger partial charge in [-0.1, -0.05) is 6.07 Å². The highest BCUT2D eigenvalue weighted by Gasteiger charge is 2.12. The summed E-state index contributed by atoms with van der Waals surface area (Å²) in [5.74, 6) is 0. The van der Waals surface area contributed by atoms with Gasteiger partial charge in [0.15, 0.2) is 0 Å². The number of nitro groups is 1. The van der Waals surface area contributed by atoms with E-state index < -0.39 is 4.92 Å². The topological polar surface area (TPSA) is 80.0 Å². The number of hydrogen-bond donors (Lipinski definition) is 1. The van der Waals surface area contributed by atoms with Crippen LogP contribution >= 0.6 is 11.3 Å². The van der Waals surface area contributed by atoms with E-state index in [1.807, 2.05) is 6.07 Å². The predicted molar refractivity (Wildman–Crippen MR) is 91.7 cm³/mol. The van der Waals surface area contributed by atoms with Crippen LogP contribution in [0.5, 0.6) is 0 Å². The van der Waals surface area contributed by atoms with Crippen molar-refractivity contribution in [2.45, 2.75) is 0 Å². The van der Waals surface area contributed by atoms with Crippen molar-refractivity contribution in [1.82, 2.24) is 0 Å². The maximum Gasteiger partial charge on any atom is 0.271 e. The molecule has 2 heterocycles. The Hall–Kier alpha value is -2.45. The Morgan fingerprint density at radius 2 is 2.13 bits per heavy atom. The molecule has 0 amide bonds. The molecule has 0 saturated carbocycles. The molecule has 0 bridgehead atoms. The minimum Gasteiger partial charge on any atom is -0.378 e. The molecule has 0 atom stereocenters. The van der Waals surface area contributed by atoms with E-state index >= 15 is 0 Å². The average molecular weight is 332 g/mol. The first kappa shape index (κ1) is 15.4. The summed E-state index contributed by atoms with van der Waals surface area (Å²) in [4.78, 5) is 13.6. The van der Waals surface area contributed by atoms with Crippen molar-refractivity contribution in [2.75, 3.05) is 36.6 Å². The van der Waals surface area contributed by atoms with Crippen LogP contribution in [0.3, 0.4) is 0 Å². The average Bonchev–Trinajstić information content (AvgIpc) is 3.05. The molecule has 1 aromatic heterocycles. The standard InChI is InChI=1S/C15H16N4O3S/c20-19(21)13-3-1-2-12(10-13)17-16-11-14-4-5-15(23-14)18-6-8-22-9-7-18/h1-5,10-11,17H,6-9H2/b16-11+. The Kier molecular flexibility index (Phi) is 4.84. The zero-order valence-electron chi connectivity index (χ0n) is 12.3. The molecule has 120 valence electrons. The number of hydrogen-bond acceptors (Lipinski definition) is 7. The van der Waals surface area contributed by atoms with Crippen LogP contribution in [-0.4, -0.2) is 37.4 Å². The minimum atomic E-state index is -0.428. The molecule has 2 aromatic rings. The van der Waals surface area contributed by atoms with Crippen molar-refractivity contribution in [3.05, 3.63) is 51.4 Å². The molecule has 8 heteroatoms. The molecule has 0 spiro atoms. The molecule has 1 fully saturated rings. The summed E-state index contributed by atoms with van der Waals surface area (Å²) in [6.07, 6.45) is 1.72. The highest BCUT2D eigenvalue weighted by atomic mass is 32.1. The highest BCUT2D eigenvalue weighted by Crippen LogP contribution is 2.25. The Morgan fingerprint density at radius 1 is 1.30 bits per heavy atom. The lowest BCUT2D eigenvalue weighted by atomic mass is 10.3. The Morgan fingerprint density at radius 3 is 2.91 bits per heavy atom. The van der Waals surface area contributed by atoms with E-state index in [0.717, 1.165) is 31.2 Å². The number of ether oxygens (including phenoxy) is 1. The first-order valence-corrected chi connectivity index (χ1v) is 8.00. The second kappa shape index (κ2) is 7.21. The number of nitrogens with zero attached hydrogens (tertiary/aromatic N) is 3. The van der Waals surface area contributed by atoms with Gasteiger partial charge in [0, 0.05) is 30.1 Å². The highest BCUT2D eigenvalue weighted by molar-refractivity contribution is 7.17. The van der Waals surface area contributed by atoms with E-state index in [4.69, 9.17) is 4.74 Å². The lowest BCUT2D eigenvalue weighted by molar-refractivity contribution is -0.384. The molecule has 0 aliphatic carbocycles. The molecule has 1 N–H and O–H groups in total. The molecule has 7 nitrogen and oxygen atoms in total. The number of non-ortho nitro benzene ring substituents is 1. The minimum absolute atomic E-state index is 0.0379. The van der Waals surface area contributed by atoms with E-state index in [1.165, 1.54) is 17.1 Å². The lowest BCUT2D eigenvalue weighted by Crippen LogP contribution is -2.35. The number of hydrazone groups is 1. The van der Waals surface area contributed by atoms with E-state index in [2.05, 4.69) is 21.5 Å². The summed E-state index contributed by atoms with van der Waals surface area (Å²) in [6, 6.07) is 10.3. The van der Waals surface area contributed by atoms with Crippen LogP contribution in [0.4, 0.5) is 16.4 Å². The largest absolute Gasteiger partial charge is 0.378 e. The second-order valence-electron chi connectivity index (χ2n) is 4.95. The first-order valence-electron chi connectivity index (χ1n) is 7.18. The third-order valence-corrected chi connectivity index (χ3v) is 4.46. The SMILES string of the molecule is O=[N+]([O-])c1cccc(N/N=C/c2ccc(N3CCOCC3)s2)c1. The van der Waals surface area contributed by atoms with E-state index in [0.29, 0.717) is 5.69 Å². The lowest BCUT2D eigenvalue weighted by Gasteiger charge is -2.27. The van der Waals surface area contributed by atoms with Crippen LogP contribution in [0.1, 0.15) is 4.88 Å². The Balaban J connectivity index is 1.61. The number of rotatable bonds is 5.